The Morgan fingerprint density at radius 3 is 2.58 bits per heavy atom. The third-order valence-electron chi connectivity index (χ3n) is 4.62. The minimum atomic E-state index is -3.42. The van der Waals surface area contributed by atoms with E-state index >= 15 is 0 Å². The number of pyridine rings is 2. The van der Waals surface area contributed by atoms with Crippen LogP contribution >= 0.6 is 0 Å². The first-order valence-electron chi connectivity index (χ1n) is 8.67. The third kappa shape index (κ3) is 3.27. The second-order valence-electron chi connectivity index (χ2n) is 6.34. The standard InChI is InChI=1S/C19H20N4O2S/c24-26(25,23-11-1-2-12-23)17-8-9-18(22-14-17)21-13-16-6-3-5-15-7-4-10-20-19(15)16/h3-10,14H,1-2,11-13H2,(H,21,22). The van der Waals surface area contributed by atoms with Crippen LogP contribution in [0.3, 0.4) is 0 Å². The molecule has 0 radical (unpaired) electrons. The van der Waals surface area contributed by atoms with E-state index in [4.69, 9.17) is 0 Å². The molecule has 0 unspecified atom stereocenters. The molecule has 1 aliphatic heterocycles. The van der Waals surface area contributed by atoms with Gasteiger partial charge in [-0.25, -0.2) is 13.4 Å². The van der Waals surface area contributed by atoms with Crippen LogP contribution in [0.1, 0.15) is 18.4 Å². The number of fused-ring (bicyclic) bond motifs is 1. The number of rotatable bonds is 5. The smallest absolute Gasteiger partial charge is 0.244 e. The lowest BCUT2D eigenvalue weighted by molar-refractivity contribution is 0.477. The summed E-state index contributed by atoms with van der Waals surface area (Å²) in [7, 11) is -3.42. The Morgan fingerprint density at radius 2 is 1.81 bits per heavy atom. The van der Waals surface area contributed by atoms with Gasteiger partial charge in [-0.05, 0) is 36.6 Å². The summed E-state index contributed by atoms with van der Waals surface area (Å²) < 4.78 is 26.6. The van der Waals surface area contributed by atoms with E-state index in [-0.39, 0.29) is 4.90 Å². The van der Waals surface area contributed by atoms with E-state index in [1.54, 1.807) is 18.3 Å². The first-order chi connectivity index (χ1) is 12.6. The molecule has 0 amide bonds. The molecular weight excluding hydrogens is 348 g/mol. The Morgan fingerprint density at radius 1 is 1.00 bits per heavy atom. The molecule has 6 nitrogen and oxygen atoms in total. The average molecular weight is 368 g/mol. The van der Waals surface area contributed by atoms with Gasteiger partial charge in [-0.1, -0.05) is 24.3 Å². The van der Waals surface area contributed by atoms with Gasteiger partial charge in [0.15, 0.2) is 0 Å². The molecule has 1 aliphatic rings. The van der Waals surface area contributed by atoms with E-state index in [9.17, 15) is 8.42 Å². The van der Waals surface area contributed by atoms with Gasteiger partial charge in [0.05, 0.1) is 5.52 Å². The quantitative estimate of drug-likeness (QED) is 0.749. The lowest BCUT2D eigenvalue weighted by Crippen LogP contribution is -2.27. The molecule has 1 N–H and O–H groups in total. The minimum Gasteiger partial charge on any atom is -0.366 e. The molecule has 0 atom stereocenters. The van der Waals surface area contributed by atoms with Crippen molar-refractivity contribution in [3.63, 3.8) is 0 Å². The van der Waals surface area contributed by atoms with Crippen LogP contribution in [-0.4, -0.2) is 35.8 Å². The molecule has 4 rings (SSSR count). The summed E-state index contributed by atoms with van der Waals surface area (Å²) in [6.07, 6.45) is 5.05. The van der Waals surface area contributed by atoms with Crippen LogP contribution in [0, 0.1) is 0 Å². The maximum Gasteiger partial charge on any atom is 0.244 e. The summed E-state index contributed by atoms with van der Waals surface area (Å²) in [4.78, 5) is 8.96. The van der Waals surface area contributed by atoms with Crippen molar-refractivity contribution in [2.24, 2.45) is 0 Å². The number of sulfonamides is 1. The highest BCUT2D eigenvalue weighted by Gasteiger charge is 2.27. The molecule has 0 aliphatic carbocycles. The summed E-state index contributed by atoms with van der Waals surface area (Å²) in [6, 6.07) is 13.3. The molecule has 0 saturated carbocycles. The zero-order valence-corrected chi connectivity index (χ0v) is 15.1. The monoisotopic (exact) mass is 368 g/mol. The zero-order valence-electron chi connectivity index (χ0n) is 14.3. The summed E-state index contributed by atoms with van der Waals surface area (Å²) >= 11 is 0. The Hall–Kier alpha value is -2.51. The molecule has 3 aromatic rings. The third-order valence-corrected chi connectivity index (χ3v) is 6.50. The molecule has 0 spiro atoms. The highest BCUT2D eigenvalue weighted by Crippen LogP contribution is 2.21. The van der Waals surface area contributed by atoms with Gasteiger partial charge in [-0.15, -0.1) is 0 Å². The van der Waals surface area contributed by atoms with Crippen LogP contribution < -0.4 is 5.32 Å². The van der Waals surface area contributed by atoms with Gasteiger partial charge in [0.1, 0.15) is 10.7 Å². The van der Waals surface area contributed by atoms with Crippen LogP contribution in [-0.2, 0) is 16.6 Å². The van der Waals surface area contributed by atoms with Gasteiger partial charge in [0, 0.05) is 37.4 Å². The number of hydrogen-bond donors (Lipinski definition) is 1. The fraction of sp³-hybridized carbons (Fsp3) is 0.263. The zero-order chi connectivity index (χ0) is 18.0. The van der Waals surface area contributed by atoms with Gasteiger partial charge in [-0.2, -0.15) is 4.31 Å². The van der Waals surface area contributed by atoms with Crippen LogP contribution in [0.5, 0.6) is 0 Å². The van der Waals surface area contributed by atoms with Crippen LogP contribution in [0.2, 0.25) is 0 Å². The van der Waals surface area contributed by atoms with Crippen molar-refractivity contribution >= 4 is 26.7 Å². The van der Waals surface area contributed by atoms with Crippen molar-refractivity contribution in [1.82, 2.24) is 14.3 Å². The highest BCUT2D eigenvalue weighted by atomic mass is 32.2. The lowest BCUT2D eigenvalue weighted by atomic mass is 10.1. The summed E-state index contributed by atoms with van der Waals surface area (Å²) in [5.41, 5.74) is 2.02. The number of benzene rings is 1. The Balaban J connectivity index is 1.49. The highest BCUT2D eigenvalue weighted by molar-refractivity contribution is 7.89. The summed E-state index contributed by atoms with van der Waals surface area (Å²) in [5, 5.41) is 4.33. The van der Waals surface area contributed by atoms with Crippen molar-refractivity contribution in [1.29, 1.82) is 0 Å². The minimum absolute atomic E-state index is 0.247. The molecular formula is C19H20N4O2S. The predicted molar refractivity (Wildman–Crippen MR) is 101 cm³/mol. The van der Waals surface area contributed by atoms with E-state index < -0.39 is 10.0 Å². The van der Waals surface area contributed by atoms with E-state index in [1.165, 1.54) is 10.5 Å². The largest absolute Gasteiger partial charge is 0.366 e. The van der Waals surface area contributed by atoms with Crippen LogP contribution in [0.4, 0.5) is 5.82 Å². The maximum absolute atomic E-state index is 12.5. The van der Waals surface area contributed by atoms with E-state index in [0.29, 0.717) is 25.5 Å². The average Bonchev–Trinajstić information content (AvgIpc) is 3.22. The number of aromatic nitrogens is 2. The van der Waals surface area contributed by atoms with Gasteiger partial charge in [0.25, 0.3) is 0 Å². The van der Waals surface area contributed by atoms with Crippen LogP contribution in [0.25, 0.3) is 10.9 Å². The Bertz CT molecular complexity index is 1010. The van der Waals surface area contributed by atoms with Gasteiger partial charge in [0.2, 0.25) is 10.0 Å². The fourth-order valence-corrected chi connectivity index (χ4v) is 4.67. The van der Waals surface area contributed by atoms with E-state index in [2.05, 4.69) is 15.3 Å². The van der Waals surface area contributed by atoms with Gasteiger partial charge < -0.3 is 5.32 Å². The normalized spacial score (nSPS) is 15.4. The van der Waals surface area contributed by atoms with Gasteiger partial charge in [-0.3, -0.25) is 4.98 Å². The molecule has 134 valence electrons. The van der Waals surface area contributed by atoms with Crippen LogP contribution in [0.15, 0.2) is 59.8 Å². The number of nitrogens with zero attached hydrogens (tertiary/aromatic N) is 3. The lowest BCUT2D eigenvalue weighted by Gasteiger charge is -2.15. The van der Waals surface area contributed by atoms with Crippen molar-refractivity contribution < 1.29 is 8.42 Å². The number of para-hydroxylation sites is 1. The Kier molecular flexibility index (Phi) is 4.57. The molecule has 7 heteroatoms. The second kappa shape index (κ2) is 7.01. The molecule has 1 fully saturated rings. The fourth-order valence-electron chi connectivity index (χ4n) is 3.21. The first kappa shape index (κ1) is 16.9. The van der Waals surface area contributed by atoms with Crippen molar-refractivity contribution in [3.05, 3.63) is 60.4 Å². The Labute approximate surface area is 152 Å². The van der Waals surface area contributed by atoms with E-state index in [1.807, 2.05) is 30.3 Å². The molecule has 1 saturated heterocycles. The number of nitrogens with one attached hydrogen (secondary N) is 1. The van der Waals surface area contributed by atoms with Crippen molar-refractivity contribution in [3.8, 4) is 0 Å². The maximum atomic E-state index is 12.5. The summed E-state index contributed by atoms with van der Waals surface area (Å²) in [5.74, 6) is 0.637. The molecule has 3 heterocycles. The predicted octanol–water partition coefficient (Wildman–Crippen LogP) is 3.03. The molecule has 0 bridgehead atoms. The molecule has 2 aromatic heterocycles. The SMILES string of the molecule is O=S(=O)(c1ccc(NCc2cccc3cccnc23)nc1)N1CCCC1. The number of anilines is 1. The first-order valence-corrected chi connectivity index (χ1v) is 10.1. The molecule has 26 heavy (non-hydrogen) atoms. The van der Waals surface area contributed by atoms with Crippen molar-refractivity contribution in [2.75, 3.05) is 18.4 Å². The summed E-state index contributed by atoms with van der Waals surface area (Å²) in [6.45, 7) is 1.76. The number of hydrogen-bond acceptors (Lipinski definition) is 5. The second-order valence-corrected chi connectivity index (χ2v) is 8.27. The molecule has 1 aromatic carbocycles. The van der Waals surface area contributed by atoms with E-state index in [0.717, 1.165) is 29.3 Å². The van der Waals surface area contributed by atoms with Crippen molar-refractivity contribution in [2.45, 2.75) is 24.3 Å². The topological polar surface area (TPSA) is 75.2 Å². The van der Waals surface area contributed by atoms with Gasteiger partial charge >= 0.3 is 0 Å².